The van der Waals surface area contributed by atoms with Crippen LogP contribution in [0.15, 0.2) is 0 Å². The van der Waals surface area contributed by atoms with Crippen molar-refractivity contribution in [2.45, 2.75) is 6.42 Å². The molecule has 0 unspecified atom stereocenters. The minimum atomic E-state index is -1.21. The number of fused-ring (bicyclic) bond motifs is 1. The van der Waals surface area contributed by atoms with Crippen molar-refractivity contribution >= 4 is 23.3 Å². The van der Waals surface area contributed by atoms with E-state index in [1.807, 2.05) is 0 Å². The molecule has 2 rings (SSSR count). The Morgan fingerprint density at radius 2 is 1.44 bits per heavy atom. The number of hydrogen-bond acceptors (Lipinski definition) is 5. The molecule has 1 aromatic rings. The fourth-order valence-corrected chi connectivity index (χ4v) is 2.22. The maximum absolute atomic E-state index is 10.9. The van der Waals surface area contributed by atoms with Gasteiger partial charge < -0.3 is 19.7 Å². The second kappa shape index (κ2) is 4.01. The van der Waals surface area contributed by atoms with Crippen molar-refractivity contribution in [2.75, 3.05) is 13.2 Å². The Morgan fingerprint density at radius 3 is 1.81 bits per heavy atom. The summed E-state index contributed by atoms with van der Waals surface area (Å²) in [7, 11) is 0. The van der Waals surface area contributed by atoms with E-state index in [0.29, 0.717) is 31.0 Å². The third kappa shape index (κ3) is 1.69. The smallest absolute Gasteiger partial charge is 0.349 e. The fraction of sp³-hybridized carbons (Fsp3) is 0.333. The van der Waals surface area contributed by atoms with Crippen LogP contribution in [0.3, 0.4) is 0 Å². The molecule has 1 aromatic heterocycles. The topological polar surface area (TPSA) is 93.1 Å². The zero-order valence-corrected chi connectivity index (χ0v) is 8.87. The fourth-order valence-electron chi connectivity index (χ4n) is 1.35. The first-order valence-corrected chi connectivity index (χ1v) is 5.32. The first-order chi connectivity index (χ1) is 7.61. The van der Waals surface area contributed by atoms with Gasteiger partial charge in [0.1, 0.15) is 0 Å². The van der Waals surface area contributed by atoms with Crippen LogP contribution < -0.4 is 9.47 Å². The van der Waals surface area contributed by atoms with Gasteiger partial charge in [-0.25, -0.2) is 9.59 Å². The van der Waals surface area contributed by atoms with Crippen molar-refractivity contribution in [3.8, 4) is 11.5 Å². The van der Waals surface area contributed by atoms with Crippen molar-refractivity contribution in [3.05, 3.63) is 9.75 Å². The highest BCUT2D eigenvalue weighted by Gasteiger charge is 2.30. The lowest BCUT2D eigenvalue weighted by atomic mass is 10.3. The molecule has 0 radical (unpaired) electrons. The van der Waals surface area contributed by atoms with Crippen LogP contribution in [0, 0.1) is 0 Å². The van der Waals surface area contributed by atoms with E-state index in [1.165, 1.54) is 0 Å². The van der Waals surface area contributed by atoms with Gasteiger partial charge in [-0.15, -0.1) is 11.3 Å². The molecular formula is C9H8O6S. The average Bonchev–Trinajstić information content (AvgIpc) is 2.41. The van der Waals surface area contributed by atoms with E-state index in [1.54, 1.807) is 0 Å². The third-order valence-corrected chi connectivity index (χ3v) is 3.12. The summed E-state index contributed by atoms with van der Waals surface area (Å²) in [5, 5.41) is 17.8. The number of carboxylic acid groups (broad SMARTS) is 2. The van der Waals surface area contributed by atoms with Gasteiger partial charge >= 0.3 is 11.9 Å². The number of thiophene rings is 1. The lowest BCUT2D eigenvalue weighted by Gasteiger charge is -2.02. The summed E-state index contributed by atoms with van der Waals surface area (Å²) >= 11 is 0.652. The Kier molecular flexibility index (Phi) is 2.69. The summed E-state index contributed by atoms with van der Waals surface area (Å²) < 4.78 is 10.4. The molecule has 16 heavy (non-hydrogen) atoms. The SMILES string of the molecule is O=C(O)c1sc(C(=O)O)c2c1OCCCO2. The minimum Gasteiger partial charge on any atom is -0.488 e. The van der Waals surface area contributed by atoms with Crippen LogP contribution >= 0.6 is 11.3 Å². The van der Waals surface area contributed by atoms with Gasteiger partial charge in [-0.1, -0.05) is 0 Å². The molecule has 86 valence electrons. The zero-order valence-electron chi connectivity index (χ0n) is 8.06. The van der Waals surface area contributed by atoms with Gasteiger partial charge in [0.25, 0.3) is 0 Å². The summed E-state index contributed by atoms with van der Waals surface area (Å²) in [6.45, 7) is 0.645. The molecule has 0 amide bonds. The van der Waals surface area contributed by atoms with Crippen LogP contribution in [0.1, 0.15) is 25.8 Å². The van der Waals surface area contributed by atoms with E-state index < -0.39 is 11.9 Å². The number of carboxylic acids is 2. The first-order valence-electron chi connectivity index (χ1n) is 4.50. The Bertz CT molecular complexity index is 411. The van der Waals surface area contributed by atoms with Gasteiger partial charge in [-0.2, -0.15) is 0 Å². The zero-order chi connectivity index (χ0) is 11.7. The van der Waals surface area contributed by atoms with Crippen molar-refractivity contribution in [1.82, 2.24) is 0 Å². The predicted molar refractivity (Wildman–Crippen MR) is 53.8 cm³/mol. The molecule has 7 heteroatoms. The van der Waals surface area contributed by atoms with Gasteiger partial charge in [0.15, 0.2) is 21.3 Å². The molecule has 6 nitrogen and oxygen atoms in total. The lowest BCUT2D eigenvalue weighted by Crippen LogP contribution is -2.01. The van der Waals surface area contributed by atoms with E-state index in [-0.39, 0.29) is 21.3 Å². The van der Waals surface area contributed by atoms with Crippen LogP contribution in [0.5, 0.6) is 11.5 Å². The molecule has 0 atom stereocenters. The molecule has 2 heterocycles. The van der Waals surface area contributed by atoms with Crippen molar-refractivity contribution in [2.24, 2.45) is 0 Å². The Morgan fingerprint density at radius 1 is 1.00 bits per heavy atom. The van der Waals surface area contributed by atoms with Gasteiger partial charge in [0.05, 0.1) is 13.2 Å². The minimum absolute atomic E-state index is 0.0346. The average molecular weight is 244 g/mol. The maximum Gasteiger partial charge on any atom is 0.349 e. The number of carbonyl (C=O) groups is 2. The second-order valence-corrected chi connectivity index (χ2v) is 4.10. The monoisotopic (exact) mass is 244 g/mol. The van der Waals surface area contributed by atoms with Gasteiger partial charge in [0, 0.05) is 6.42 Å². The van der Waals surface area contributed by atoms with Crippen LogP contribution in [-0.2, 0) is 0 Å². The van der Waals surface area contributed by atoms with Crippen LogP contribution in [0.25, 0.3) is 0 Å². The number of rotatable bonds is 2. The Hall–Kier alpha value is -1.76. The molecule has 0 saturated carbocycles. The number of ether oxygens (including phenoxy) is 2. The lowest BCUT2D eigenvalue weighted by molar-refractivity contribution is 0.0687. The van der Waals surface area contributed by atoms with E-state index in [9.17, 15) is 9.59 Å². The summed E-state index contributed by atoms with van der Waals surface area (Å²) in [5.74, 6) is -2.35. The van der Waals surface area contributed by atoms with Crippen LogP contribution in [0.2, 0.25) is 0 Å². The van der Waals surface area contributed by atoms with Crippen LogP contribution in [-0.4, -0.2) is 35.4 Å². The quantitative estimate of drug-likeness (QED) is 0.814. The number of aromatic carboxylic acids is 2. The van der Waals surface area contributed by atoms with Gasteiger partial charge in [-0.05, 0) is 0 Å². The molecule has 0 spiro atoms. The molecule has 0 fully saturated rings. The predicted octanol–water partition coefficient (Wildman–Crippen LogP) is 1.31. The highest BCUT2D eigenvalue weighted by molar-refractivity contribution is 7.16. The normalized spacial score (nSPS) is 14.2. The Balaban J connectivity index is 2.57. The second-order valence-electron chi connectivity index (χ2n) is 3.08. The largest absolute Gasteiger partial charge is 0.488 e. The molecule has 1 aliphatic heterocycles. The molecular weight excluding hydrogens is 236 g/mol. The van der Waals surface area contributed by atoms with E-state index >= 15 is 0 Å². The van der Waals surface area contributed by atoms with E-state index in [4.69, 9.17) is 19.7 Å². The third-order valence-electron chi connectivity index (χ3n) is 1.99. The van der Waals surface area contributed by atoms with Crippen molar-refractivity contribution in [1.29, 1.82) is 0 Å². The van der Waals surface area contributed by atoms with E-state index in [0.717, 1.165) is 0 Å². The molecule has 0 bridgehead atoms. The highest BCUT2D eigenvalue weighted by Crippen LogP contribution is 2.43. The summed E-state index contributed by atoms with van der Waals surface area (Å²) in [4.78, 5) is 21.5. The van der Waals surface area contributed by atoms with Crippen molar-refractivity contribution < 1.29 is 29.3 Å². The summed E-state index contributed by atoms with van der Waals surface area (Å²) in [5.41, 5.74) is 0. The molecule has 2 N–H and O–H groups in total. The molecule has 0 aromatic carbocycles. The molecule has 0 saturated heterocycles. The summed E-state index contributed by atoms with van der Waals surface area (Å²) in [6, 6.07) is 0. The summed E-state index contributed by atoms with van der Waals surface area (Å²) in [6.07, 6.45) is 0.595. The molecule has 0 aliphatic carbocycles. The van der Waals surface area contributed by atoms with Crippen LogP contribution in [0.4, 0.5) is 0 Å². The Labute approximate surface area is 94.0 Å². The van der Waals surface area contributed by atoms with Gasteiger partial charge in [0.2, 0.25) is 0 Å². The number of hydrogen-bond donors (Lipinski definition) is 2. The maximum atomic E-state index is 10.9. The molecule has 1 aliphatic rings. The van der Waals surface area contributed by atoms with E-state index in [2.05, 4.69) is 0 Å². The highest BCUT2D eigenvalue weighted by atomic mass is 32.1. The first kappa shape index (κ1) is 10.7. The van der Waals surface area contributed by atoms with Gasteiger partial charge in [-0.3, -0.25) is 0 Å². The van der Waals surface area contributed by atoms with Crippen molar-refractivity contribution in [3.63, 3.8) is 0 Å². The standard InChI is InChI=1S/C9H8O6S/c10-8(11)6-4-5(7(16-6)9(12)13)15-3-1-2-14-4/h1-3H2,(H,10,11)(H,12,13).